The fourth-order valence-corrected chi connectivity index (χ4v) is 5.62. The van der Waals surface area contributed by atoms with Crippen molar-refractivity contribution in [1.29, 1.82) is 5.26 Å². The number of likely N-dealkylation sites (N-methyl/N-ethyl adjacent to an activating group) is 1. The number of carbonyl (C=O) groups is 1. The molecule has 1 aliphatic heterocycles. The summed E-state index contributed by atoms with van der Waals surface area (Å²) in [5.41, 5.74) is 4.91. The van der Waals surface area contributed by atoms with Gasteiger partial charge in [0.25, 0.3) is 0 Å². The molecule has 2 aromatic heterocycles. The summed E-state index contributed by atoms with van der Waals surface area (Å²) in [4.78, 5) is 22.9. The molecule has 0 spiro atoms. The molecule has 3 heterocycles. The summed E-state index contributed by atoms with van der Waals surface area (Å²) >= 11 is 1.50. The molecule has 0 N–H and O–H groups in total. The summed E-state index contributed by atoms with van der Waals surface area (Å²) in [5.74, 6) is 1.19. The van der Waals surface area contributed by atoms with Crippen LogP contribution in [0.2, 0.25) is 0 Å². The SMILES string of the molecule is C=C(S/C=C(\C)c1ccc(F)cc1)N(C)c1c(CCC#N)nc2ccc(C3CCN(CC(=O)N(C)C)CC3)cn12. The number of benzene rings is 1. The predicted molar refractivity (Wildman–Crippen MR) is 161 cm³/mol. The van der Waals surface area contributed by atoms with Crippen LogP contribution < -0.4 is 4.90 Å². The minimum absolute atomic E-state index is 0.136. The van der Waals surface area contributed by atoms with Gasteiger partial charge in [0.15, 0.2) is 0 Å². The Labute approximate surface area is 240 Å². The number of nitrogens with zero attached hydrogens (tertiary/aromatic N) is 6. The first-order valence-corrected chi connectivity index (χ1v) is 14.4. The van der Waals surface area contributed by atoms with Crippen LogP contribution in [0.1, 0.15) is 48.9 Å². The number of anilines is 1. The van der Waals surface area contributed by atoms with Crippen LogP contribution >= 0.6 is 11.8 Å². The van der Waals surface area contributed by atoms with Crippen LogP contribution in [0.25, 0.3) is 11.2 Å². The molecule has 0 saturated carbocycles. The maximum atomic E-state index is 13.3. The molecule has 40 heavy (non-hydrogen) atoms. The Morgan fingerprint density at radius 3 is 2.55 bits per heavy atom. The van der Waals surface area contributed by atoms with Crippen LogP contribution in [0, 0.1) is 17.1 Å². The fraction of sp³-hybridized carbons (Fsp3) is 0.387. The van der Waals surface area contributed by atoms with Gasteiger partial charge < -0.3 is 9.80 Å². The van der Waals surface area contributed by atoms with E-state index in [4.69, 9.17) is 4.98 Å². The molecule has 0 aliphatic carbocycles. The Balaban J connectivity index is 1.55. The summed E-state index contributed by atoms with van der Waals surface area (Å²) in [6, 6.07) is 12.9. The summed E-state index contributed by atoms with van der Waals surface area (Å²) in [6.07, 6.45) is 5.08. The van der Waals surface area contributed by atoms with E-state index in [-0.39, 0.29) is 11.7 Å². The van der Waals surface area contributed by atoms with E-state index in [0.717, 1.165) is 59.3 Å². The minimum atomic E-state index is -0.254. The van der Waals surface area contributed by atoms with Crippen molar-refractivity contribution >= 4 is 34.7 Å². The number of likely N-dealkylation sites (tertiary alicyclic amines) is 1. The van der Waals surface area contributed by atoms with Gasteiger partial charge in [0, 0.05) is 40.2 Å². The molecule has 1 amide bonds. The monoisotopic (exact) mass is 560 g/mol. The lowest BCUT2D eigenvalue weighted by atomic mass is 9.90. The highest BCUT2D eigenvalue weighted by Gasteiger charge is 2.24. The highest BCUT2D eigenvalue weighted by Crippen LogP contribution is 2.34. The molecule has 0 atom stereocenters. The maximum Gasteiger partial charge on any atom is 0.236 e. The largest absolute Gasteiger partial charge is 0.348 e. The number of fused-ring (bicyclic) bond motifs is 1. The summed E-state index contributed by atoms with van der Waals surface area (Å²) < 4.78 is 15.4. The topological polar surface area (TPSA) is 67.9 Å². The van der Waals surface area contributed by atoms with Gasteiger partial charge in [0.05, 0.1) is 23.3 Å². The van der Waals surface area contributed by atoms with E-state index in [1.807, 2.05) is 24.3 Å². The van der Waals surface area contributed by atoms with E-state index in [9.17, 15) is 14.4 Å². The first kappa shape index (κ1) is 29.4. The second-order valence-electron chi connectivity index (χ2n) is 10.4. The standard InChI is InChI=1S/C31H37FN6OS/c1-22(24-8-11-27(32)12-9-24)21-40-23(2)36(5)31-28(7-6-16-33)34-29-13-10-26(19-38(29)31)25-14-17-37(18-15-25)20-30(39)35(3)4/h8-13,19,21,25H,2,6-7,14-15,17-18,20H2,1,3-5H3/b22-21+. The van der Waals surface area contributed by atoms with E-state index in [0.29, 0.717) is 25.3 Å². The van der Waals surface area contributed by atoms with Crippen molar-refractivity contribution in [2.24, 2.45) is 0 Å². The third-order valence-corrected chi connectivity index (χ3v) is 8.46. The molecule has 210 valence electrons. The molecule has 0 bridgehead atoms. The highest BCUT2D eigenvalue weighted by molar-refractivity contribution is 8.06. The quantitative estimate of drug-likeness (QED) is 0.308. The number of allylic oxidation sites excluding steroid dienone is 1. The predicted octanol–water partition coefficient (Wildman–Crippen LogP) is 5.90. The second kappa shape index (κ2) is 13.2. The molecule has 0 unspecified atom stereocenters. The summed E-state index contributed by atoms with van der Waals surface area (Å²) in [5, 5.41) is 12.1. The van der Waals surface area contributed by atoms with Gasteiger partial charge in [-0.3, -0.25) is 14.1 Å². The van der Waals surface area contributed by atoms with E-state index in [1.165, 1.54) is 29.5 Å². The molecule has 1 aromatic carbocycles. The van der Waals surface area contributed by atoms with E-state index < -0.39 is 0 Å². The van der Waals surface area contributed by atoms with Crippen LogP contribution in [-0.2, 0) is 11.2 Å². The average Bonchev–Trinajstić information content (AvgIpc) is 3.32. The third kappa shape index (κ3) is 6.93. The molecule has 3 aromatic rings. The molecule has 0 radical (unpaired) electrons. The number of aromatic nitrogens is 2. The lowest BCUT2D eigenvalue weighted by Gasteiger charge is -2.32. The lowest BCUT2D eigenvalue weighted by Crippen LogP contribution is -2.40. The zero-order valence-electron chi connectivity index (χ0n) is 23.7. The van der Waals surface area contributed by atoms with Crippen molar-refractivity contribution in [3.05, 3.63) is 82.2 Å². The number of amides is 1. The number of piperidine rings is 1. The van der Waals surface area contributed by atoms with Gasteiger partial charge in [-0.1, -0.05) is 36.5 Å². The van der Waals surface area contributed by atoms with Crippen LogP contribution in [-0.4, -0.2) is 65.9 Å². The van der Waals surface area contributed by atoms with Crippen molar-refractivity contribution < 1.29 is 9.18 Å². The van der Waals surface area contributed by atoms with Gasteiger partial charge in [0.2, 0.25) is 5.91 Å². The van der Waals surface area contributed by atoms with Gasteiger partial charge in [-0.15, -0.1) is 0 Å². The van der Waals surface area contributed by atoms with Gasteiger partial charge in [-0.2, -0.15) is 5.26 Å². The summed E-state index contributed by atoms with van der Waals surface area (Å²) in [7, 11) is 5.57. The van der Waals surface area contributed by atoms with Crippen molar-refractivity contribution in [3.8, 4) is 6.07 Å². The van der Waals surface area contributed by atoms with Crippen LogP contribution in [0.3, 0.4) is 0 Å². The Hall–Kier alpha value is -3.61. The van der Waals surface area contributed by atoms with Gasteiger partial charge in [-0.05, 0) is 79.1 Å². The number of hydrogen-bond acceptors (Lipinski definition) is 6. The minimum Gasteiger partial charge on any atom is -0.348 e. The number of imidazole rings is 1. The number of hydrogen-bond donors (Lipinski definition) is 0. The van der Waals surface area contributed by atoms with Crippen molar-refractivity contribution in [2.75, 3.05) is 45.7 Å². The highest BCUT2D eigenvalue weighted by atomic mass is 32.2. The number of aryl methyl sites for hydroxylation is 1. The third-order valence-electron chi connectivity index (χ3n) is 7.44. The van der Waals surface area contributed by atoms with Crippen molar-refractivity contribution in [2.45, 2.75) is 38.5 Å². The number of carbonyl (C=O) groups excluding carboxylic acids is 1. The molecular weight excluding hydrogens is 523 g/mol. The Morgan fingerprint density at radius 2 is 1.90 bits per heavy atom. The van der Waals surface area contributed by atoms with Crippen molar-refractivity contribution in [3.63, 3.8) is 0 Å². The van der Waals surface area contributed by atoms with E-state index in [1.54, 1.807) is 31.1 Å². The van der Waals surface area contributed by atoms with Crippen molar-refractivity contribution in [1.82, 2.24) is 19.2 Å². The number of rotatable bonds is 10. The number of nitriles is 1. The Bertz CT molecular complexity index is 1430. The van der Waals surface area contributed by atoms with Gasteiger partial charge in [-0.25, -0.2) is 9.37 Å². The van der Waals surface area contributed by atoms with Gasteiger partial charge >= 0.3 is 0 Å². The Morgan fingerprint density at radius 1 is 1.20 bits per heavy atom. The van der Waals surface area contributed by atoms with E-state index >= 15 is 0 Å². The molecular formula is C31H37FN6OS. The normalized spacial score (nSPS) is 14.8. The van der Waals surface area contributed by atoms with Crippen LogP contribution in [0.15, 0.2) is 59.6 Å². The molecule has 1 fully saturated rings. The molecule has 9 heteroatoms. The molecule has 4 rings (SSSR count). The molecule has 1 saturated heterocycles. The number of halogens is 1. The second-order valence-corrected chi connectivity index (χ2v) is 11.4. The molecule has 7 nitrogen and oxygen atoms in total. The lowest BCUT2D eigenvalue weighted by molar-refractivity contribution is -0.130. The van der Waals surface area contributed by atoms with Crippen LogP contribution in [0.4, 0.5) is 10.2 Å². The fourth-order valence-electron chi connectivity index (χ4n) is 4.93. The first-order chi connectivity index (χ1) is 19.2. The average molecular weight is 561 g/mol. The number of thioether (sulfide) groups is 1. The molecule has 1 aliphatic rings. The summed E-state index contributed by atoms with van der Waals surface area (Å²) in [6.45, 7) is 8.55. The van der Waals surface area contributed by atoms with Crippen LogP contribution in [0.5, 0.6) is 0 Å². The zero-order valence-corrected chi connectivity index (χ0v) is 24.5. The van der Waals surface area contributed by atoms with E-state index in [2.05, 4.69) is 40.3 Å². The Kier molecular flexibility index (Phi) is 9.67. The zero-order chi connectivity index (χ0) is 28.8. The number of pyridine rings is 1. The smallest absolute Gasteiger partial charge is 0.236 e. The van der Waals surface area contributed by atoms with Gasteiger partial charge in [0.1, 0.15) is 17.3 Å². The maximum absolute atomic E-state index is 13.3. The first-order valence-electron chi connectivity index (χ1n) is 13.5.